The Hall–Kier alpha value is -2.47. The number of anilines is 1. The van der Waals surface area contributed by atoms with Gasteiger partial charge in [0.15, 0.2) is 0 Å². The molecule has 132 valence electrons. The molecule has 0 radical (unpaired) electrons. The van der Waals surface area contributed by atoms with Crippen molar-refractivity contribution in [3.63, 3.8) is 0 Å². The van der Waals surface area contributed by atoms with Gasteiger partial charge >= 0.3 is 0 Å². The van der Waals surface area contributed by atoms with Crippen LogP contribution >= 0.6 is 11.3 Å². The maximum Gasteiger partial charge on any atom is 0.244 e. The molecular formula is C19H23N3O2S. The smallest absolute Gasteiger partial charge is 0.244 e. The summed E-state index contributed by atoms with van der Waals surface area (Å²) >= 11 is 1.55. The van der Waals surface area contributed by atoms with Crippen LogP contribution in [0.25, 0.3) is 6.08 Å². The molecule has 0 spiro atoms. The summed E-state index contributed by atoms with van der Waals surface area (Å²) in [5, 5.41) is 8.60. The van der Waals surface area contributed by atoms with Crippen LogP contribution in [0.5, 0.6) is 0 Å². The number of carbonyl (C=O) groups is 2. The molecule has 1 aromatic heterocycles. The molecule has 1 unspecified atom stereocenters. The molecule has 0 aliphatic rings. The first-order valence-corrected chi connectivity index (χ1v) is 9.13. The molecule has 2 amide bonds. The van der Waals surface area contributed by atoms with Crippen molar-refractivity contribution in [3.8, 4) is 0 Å². The Morgan fingerprint density at radius 1 is 1.36 bits per heavy atom. The molecule has 0 aliphatic carbocycles. The van der Waals surface area contributed by atoms with Gasteiger partial charge in [0, 0.05) is 29.6 Å². The number of aromatic nitrogens is 1. The highest BCUT2D eigenvalue weighted by Crippen LogP contribution is 2.13. The zero-order valence-electron chi connectivity index (χ0n) is 14.7. The van der Waals surface area contributed by atoms with Gasteiger partial charge in [0.05, 0.1) is 10.7 Å². The van der Waals surface area contributed by atoms with Crippen molar-refractivity contribution < 1.29 is 9.59 Å². The summed E-state index contributed by atoms with van der Waals surface area (Å²) in [5.74, 6) is -0.201. The number of rotatable bonds is 7. The minimum Gasteiger partial charge on any atom is -0.348 e. The highest BCUT2D eigenvalue weighted by atomic mass is 32.1. The van der Waals surface area contributed by atoms with E-state index < -0.39 is 0 Å². The van der Waals surface area contributed by atoms with E-state index in [4.69, 9.17) is 0 Å². The van der Waals surface area contributed by atoms with E-state index in [9.17, 15) is 9.59 Å². The van der Waals surface area contributed by atoms with E-state index in [-0.39, 0.29) is 17.7 Å². The molecule has 0 saturated heterocycles. The van der Waals surface area contributed by atoms with E-state index in [1.807, 2.05) is 50.4 Å². The summed E-state index contributed by atoms with van der Waals surface area (Å²) in [5.41, 5.74) is 2.45. The molecular weight excluding hydrogens is 334 g/mol. The number of carbonyl (C=O) groups excluding carboxylic acids is 2. The zero-order chi connectivity index (χ0) is 18.2. The zero-order valence-corrected chi connectivity index (χ0v) is 15.5. The second-order valence-corrected chi connectivity index (χ2v) is 6.90. The lowest BCUT2D eigenvalue weighted by molar-refractivity contribution is -0.119. The molecule has 2 rings (SSSR count). The third-order valence-electron chi connectivity index (χ3n) is 3.76. The van der Waals surface area contributed by atoms with Crippen LogP contribution in [-0.4, -0.2) is 16.8 Å². The van der Waals surface area contributed by atoms with Crippen molar-refractivity contribution in [2.45, 2.75) is 33.7 Å². The molecule has 2 N–H and O–H groups in total. The number of aryl methyl sites for hydroxylation is 1. The third-order valence-corrected chi connectivity index (χ3v) is 4.56. The fourth-order valence-electron chi connectivity index (χ4n) is 2.08. The first-order valence-electron chi connectivity index (χ1n) is 8.25. The summed E-state index contributed by atoms with van der Waals surface area (Å²) in [6.07, 6.45) is 3.97. The van der Waals surface area contributed by atoms with E-state index in [1.165, 1.54) is 6.08 Å². The van der Waals surface area contributed by atoms with Crippen molar-refractivity contribution >= 4 is 34.9 Å². The minimum atomic E-state index is -0.181. The maximum atomic E-state index is 11.9. The molecule has 1 atom stereocenters. The van der Waals surface area contributed by atoms with Crippen molar-refractivity contribution in [2.24, 2.45) is 5.92 Å². The summed E-state index contributed by atoms with van der Waals surface area (Å²) in [6.45, 7) is 6.20. The van der Waals surface area contributed by atoms with Crippen molar-refractivity contribution in [2.75, 3.05) is 5.32 Å². The Morgan fingerprint density at radius 3 is 2.84 bits per heavy atom. The Morgan fingerprint density at radius 2 is 2.16 bits per heavy atom. The monoisotopic (exact) mass is 357 g/mol. The van der Waals surface area contributed by atoms with Crippen LogP contribution in [0.4, 0.5) is 5.69 Å². The lowest BCUT2D eigenvalue weighted by Crippen LogP contribution is -2.21. The van der Waals surface area contributed by atoms with Gasteiger partial charge in [-0.25, -0.2) is 4.98 Å². The molecule has 1 aromatic carbocycles. The van der Waals surface area contributed by atoms with Gasteiger partial charge in [-0.05, 0) is 37.1 Å². The first kappa shape index (κ1) is 18.9. The van der Waals surface area contributed by atoms with Gasteiger partial charge in [-0.15, -0.1) is 11.3 Å². The van der Waals surface area contributed by atoms with Crippen LogP contribution in [0, 0.1) is 12.8 Å². The maximum absolute atomic E-state index is 11.9. The standard InChI is InChI=1S/C19H23N3O2S/c1-4-13(2)19(24)22-16-7-5-6-15(10-16)11-20-18(23)9-8-17-12-25-14(3)21-17/h5-10,12-13H,4,11H2,1-3H3,(H,20,23)(H,22,24). The second-order valence-electron chi connectivity index (χ2n) is 5.84. The Kier molecular flexibility index (Phi) is 6.89. The molecule has 1 heterocycles. The van der Waals surface area contributed by atoms with Crippen LogP contribution in [0.3, 0.4) is 0 Å². The van der Waals surface area contributed by atoms with Gasteiger partial charge in [-0.2, -0.15) is 0 Å². The van der Waals surface area contributed by atoms with Crippen LogP contribution in [-0.2, 0) is 16.1 Å². The van der Waals surface area contributed by atoms with Gasteiger partial charge in [0.2, 0.25) is 11.8 Å². The van der Waals surface area contributed by atoms with Crippen LogP contribution in [0.1, 0.15) is 36.5 Å². The number of nitrogens with one attached hydrogen (secondary N) is 2. The highest BCUT2D eigenvalue weighted by molar-refractivity contribution is 7.09. The number of hydrogen-bond acceptors (Lipinski definition) is 4. The summed E-state index contributed by atoms with van der Waals surface area (Å²) < 4.78 is 0. The fraction of sp³-hybridized carbons (Fsp3) is 0.316. The minimum absolute atomic E-state index is 0.00479. The molecule has 25 heavy (non-hydrogen) atoms. The SMILES string of the molecule is CCC(C)C(=O)Nc1cccc(CNC(=O)C=Cc2csc(C)n2)c1. The largest absolute Gasteiger partial charge is 0.348 e. The van der Waals surface area contributed by atoms with Crippen molar-refractivity contribution in [1.29, 1.82) is 0 Å². The van der Waals surface area contributed by atoms with Gasteiger partial charge in [0.1, 0.15) is 0 Å². The number of benzene rings is 1. The first-order chi connectivity index (χ1) is 12.0. The predicted octanol–water partition coefficient (Wildman–Crippen LogP) is 3.77. The molecule has 2 aromatic rings. The van der Waals surface area contributed by atoms with Gasteiger partial charge < -0.3 is 10.6 Å². The fourth-order valence-corrected chi connectivity index (χ4v) is 2.66. The van der Waals surface area contributed by atoms with Crippen LogP contribution in [0.2, 0.25) is 0 Å². The topological polar surface area (TPSA) is 71.1 Å². The summed E-state index contributed by atoms with van der Waals surface area (Å²) in [4.78, 5) is 28.1. The van der Waals surface area contributed by atoms with Crippen molar-refractivity contribution in [3.05, 3.63) is 52.0 Å². The molecule has 5 nitrogen and oxygen atoms in total. The second kappa shape index (κ2) is 9.13. The number of amides is 2. The molecule has 0 fully saturated rings. The number of thiazole rings is 1. The van der Waals surface area contributed by atoms with Gasteiger partial charge in [0.25, 0.3) is 0 Å². The van der Waals surface area contributed by atoms with Gasteiger partial charge in [-0.3, -0.25) is 9.59 Å². The Bertz CT molecular complexity index is 768. The summed E-state index contributed by atoms with van der Waals surface area (Å²) in [6, 6.07) is 7.48. The molecule has 6 heteroatoms. The van der Waals surface area contributed by atoms with Gasteiger partial charge in [-0.1, -0.05) is 26.0 Å². The predicted molar refractivity (Wildman–Crippen MR) is 102 cm³/mol. The van der Waals surface area contributed by atoms with E-state index in [1.54, 1.807) is 17.4 Å². The van der Waals surface area contributed by atoms with E-state index in [0.29, 0.717) is 6.54 Å². The number of hydrogen-bond donors (Lipinski definition) is 2. The van der Waals surface area contributed by atoms with Crippen LogP contribution < -0.4 is 10.6 Å². The quantitative estimate of drug-likeness (QED) is 0.741. The Labute approximate surface area is 152 Å². The van der Waals surface area contributed by atoms with E-state index in [0.717, 1.165) is 28.4 Å². The normalized spacial score (nSPS) is 12.1. The molecule has 0 bridgehead atoms. The molecule has 0 saturated carbocycles. The highest BCUT2D eigenvalue weighted by Gasteiger charge is 2.10. The third kappa shape index (κ3) is 6.15. The molecule has 0 aliphatic heterocycles. The number of nitrogens with zero attached hydrogens (tertiary/aromatic N) is 1. The van der Waals surface area contributed by atoms with E-state index in [2.05, 4.69) is 15.6 Å². The average Bonchev–Trinajstić information content (AvgIpc) is 3.03. The van der Waals surface area contributed by atoms with Crippen LogP contribution in [0.15, 0.2) is 35.7 Å². The lowest BCUT2D eigenvalue weighted by atomic mass is 10.1. The van der Waals surface area contributed by atoms with E-state index >= 15 is 0 Å². The average molecular weight is 357 g/mol. The Balaban J connectivity index is 1.88. The summed E-state index contributed by atoms with van der Waals surface area (Å²) in [7, 11) is 0. The lowest BCUT2D eigenvalue weighted by Gasteiger charge is -2.11. The van der Waals surface area contributed by atoms with Crippen molar-refractivity contribution in [1.82, 2.24) is 10.3 Å².